The summed E-state index contributed by atoms with van der Waals surface area (Å²) in [6.07, 6.45) is 3.31. The lowest BCUT2D eigenvalue weighted by atomic mass is 10.0. The molecule has 0 radical (unpaired) electrons. The van der Waals surface area contributed by atoms with Crippen LogP contribution in [0.4, 0.5) is 0 Å². The predicted molar refractivity (Wildman–Crippen MR) is 53.8 cm³/mol. The Morgan fingerprint density at radius 3 is 2.85 bits per heavy atom. The van der Waals surface area contributed by atoms with Crippen LogP contribution in [0.25, 0.3) is 0 Å². The fourth-order valence-electron chi connectivity index (χ4n) is 1.93. The summed E-state index contributed by atoms with van der Waals surface area (Å²) in [5, 5.41) is 0. The van der Waals surface area contributed by atoms with Crippen LogP contribution in [-0.2, 0) is 0 Å². The zero-order chi connectivity index (χ0) is 9.26. The second-order valence-corrected chi connectivity index (χ2v) is 3.98. The van der Waals surface area contributed by atoms with Crippen LogP contribution in [0.1, 0.15) is 23.6 Å². The molecule has 2 rings (SSSR count). The smallest absolute Gasteiger partial charge is 0.0372 e. The molecule has 70 valence electrons. The third kappa shape index (κ3) is 1.89. The molecule has 1 fully saturated rings. The first-order valence-corrected chi connectivity index (χ1v) is 4.87. The van der Waals surface area contributed by atoms with Crippen LogP contribution in [0.3, 0.4) is 0 Å². The molecule has 0 N–H and O–H groups in total. The summed E-state index contributed by atoms with van der Waals surface area (Å²) in [6.45, 7) is 4.44. The Bertz CT molecular complexity index is 279. The predicted octanol–water partition coefficient (Wildman–Crippen LogP) is 1.81. The Morgan fingerprint density at radius 2 is 2.31 bits per heavy atom. The number of aryl methyl sites for hydroxylation is 1. The third-order valence-electron chi connectivity index (χ3n) is 2.80. The van der Waals surface area contributed by atoms with E-state index >= 15 is 0 Å². The molecule has 2 nitrogen and oxygen atoms in total. The van der Waals surface area contributed by atoms with E-state index in [1.54, 1.807) is 0 Å². The number of aromatic nitrogens is 1. The molecule has 1 saturated heterocycles. The van der Waals surface area contributed by atoms with Crippen LogP contribution in [0.15, 0.2) is 18.3 Å². The van der Waals surface area contributed by atoms with E-state index in [1.165, 1.54) is 25.1 Å². The molecule has 1 aromatic heterocycles. The normalized spacial score (nSPS) is 23.7. The Morgan fingerprint density at radius 1 is 1.46 bits per heavy atom. The van der Waals surface area contributed by atoms with Crippen LogP contribution in [0.5, 0.6) is 0 Å². The molecule has 1 unspecified atom stereocenters. The summed E-state index contributed by atoms with van der Waals surface area (Å²) < 4.78 is 0. The van der Waals surface area contributed by atoms with E-state index in [9.17, 15) is 0 Å². The molecule has 13 heavy (non-hydrogen) atoms. The lowest BCUT2D eigenvalue weighted by Crippen LogP contribution is -2.13. The number of nitrogens with zero attached hydrogens (tertiary/aromatic N) is 2. The van der Waals surface area contributed by atoms with Crippen molar-refractivity contribution in [2.75, 3.05) is 20.1 Å². The molecule has 1 atom stereocenters. The van der Waals surface area contributed by atoms with Crippen LogP contribution in [0, 0.1) is 6.92 Å². The quantitative estimate of drug-likeness (QED) is 0.648. The van der Waals surface area contributed by atoms with Gasteiger partial charge in [-0.25, -0.2) is 0 Å². The van der Waals surface area contributed by atoms with E-state index in [2.05, 4.69) is 29.1 Å². The van der Waals surface area contributed by atoms with Gasteiger partial charge in [-0.3, -0.25) is 4.98 Å². The van der Waals surface area contributed by atoms with Gasteiger partial charge in [0.25, 0.3) is 0 Å². The molecule has 0 bridgehead atoms. The van der Waals surface area contributed by atoms with Crippen LogP contribution >= 0.6 is 0 Å². The number of likely N-dealkylation sites (N-methyl/N-ethyl adjacent to an activating group) is 1. The van der Waals surface area contributed by atoms with Gasteiger partial charge in [0.15, 0.2) is 0 Å². The summed E-state index contributed by atoms with van der Waals surface area (Å²) in [4.78, 5) is 6.71. The summed E-state index contributed by atoms with van der Waals surface area (Å²) in [7, 11) is 2.18. The monoisotopic (exact) mass is 176 g/mol. The minimum atomic E-state index is 0.707. The summed E-state index contributed by atoms with van der Waals surface area (Å²) >= 11 is 0. The first-order chi connectivity index (χ1) is 6.25. The maximum absolute atomic E-state index is 4.33. The minimum Gasteiger partial charge on any atom is -0.306 e. The average Bonchev–Trinajstić information content (AvgIpc) is 2.53. The summed E-state index contributed by atoms with van der Waals surface area (Å²) in [5.41, 5.74) is 2.50. The molecule has 0 saturated carbocycles. The topological polar surface area (TPSA) is 16.1 Å². The largest absolute Gasteiger partial charge is 0.306 e. The lowest BCUT2D eigenvalue weighted by Gasteiger charge is -2.10. The lowest BCUT2D eigenvalue weighted by molar-refractivity contribution is 0.411. The fourth-order valence-corrected chi connectivity index (χ4v) is 1.93. The highest BCUT2D eigenvalue weighted by molar-refractivity contribution is 5.19. The molecular weight excluding hydrogens is 160 g/mol. The number of likely N-dealkylation sites (tertiary alicyclic amines) is 1. The van der Waals surface area contributed by atoms with E-state index in [4.69, 9.17) is 0 Å². The second-order valence-electron chi connectivity index (χ2n) is 3.98. The molecule has 0 aromatic carbocycles. The van der Waals surface area contributed by atoms with Gasteiger partial charge < -0.3 is 4.90 Å². The van der Waals surface area contributed by atoms with Gasteiger partial charge in [0.1, 0.15) is 0 Å². The number of hydrogen-bond donors (Lipinski definition) is 0. The van der Waals surface area contributed by atoms with Gasteiger partial charge in [-0.2, -0.15) is 0 Å². The third-order valence-corrected chi connectivity index (χ3v) is 2.80. The van der Waals surface area contributed by atoms with Crippen LogP contribution < -0.4 is 0 Å². The van der Waals surface area contributed by atoms with Crippen LogP contribution in [0.2, 0.25) is 0 Å². The van der Waals surface area contributed by atoms with Gasteiger partial charge in [-0.15, -0.1) is 0 Å². The molecule has 0 spiro atoms. The van der Waals surface area contributed by atoms with E-state index in [0.29, 0.717) is 5.92 Å². The Balaban J connectivity index is 2.13. The van der Waals surface area contributed by atoms with Gasteiger partial charge in [0.05, 0.1) is 0 Å². The van der Waals surface area contributed by atoms with Crippen molar-refractivity contribution >= 4 is 0 Å². The van der Waals surface area contributed by atoms with Crippen molar-refractivity contribution in [1.29, 1.82) is 0 Å². The minimum absolute atomic E-state index is 0.707. The zero-order valence-electron chi connectivity index (χ0n) is 8.33. The van der Waals surface area contributed by atoms with Crippen molar-refractivity contribution in [3.63, 3.8) is 0 Å². The second kappa shape index (κ2) is 3.46. The summed E-state index contributed by atoms with van der Waals surface area (Å²) in [5.74, 6) is 0.707. The Labute approximate surface area is 79.6 Å². The summed E-state index contributed by atoms with van der Waals surface area (Å²) in [6, 6.07) is 4.32. The van der Waals surface area contributed by atoms with Crippen molar-refractivity contribution in [3.05, 3.63) is 29.6 Å². The van der Waals surface area contributed by atoms with E-state index in [0.717, 1.165) is 5.69 Å². The SMILES string of the molecule is Cc1ccc(C2CCN(C)C2)cn1. The first-order valence-electron chi connectivity index (χ1n) is 4.87. The highest BCUT2D eigenvalue weighted by Gasteiger charge is 2.20. The molecule has 2 heterocycles. The van der Waals surface area contributed by atoms with E-state index in [-0.39, 0.29) is 0 Å². The molecule has 0 amide bonds. The fraction of sp³-hybridized carbons (Fsp3) is 0.545. The molecule has 2 heteroatoms. The highest BCUT2D eigenvalue weighted by atomic mass is 15.1. The molecule has 1 aromatic rings. The molecular formula is C11H16N2. The Hall–Kier alpha value is -0.890. The van der Waals surface area contributed by atoms with Crippen LogP contribution in [-0.4, -0.2) is 30.0 Å². The van der Waals surface area contributed by atoms with Gasteiger partial charge >= 0.3 is 0 Å². The molecule has 1 aliphatic heterocycles. The Kier molecular flexibility index (Phi) is 2.32. The maximum Gasteiger partial charge on any atom is 0.0372 e. The van der Waals surface area contributed by atoms with Crippen molar-refractivity contribution in [2.24, 2.45) is 0 Å². The van der Waals surface area contributed by atoms with E-state index < -0.39 is 0 Å². The highest BCUT2D eigenvalue weighted by Crippen LogP contribution is 2.25. The number of rotatable bonds is 1. The zero-order valence-corrected chi connectivity index (χ0v) is 8.33. The number of pyridine rings is 1. The van der Waals surface area contributed by atoms with Gasteiger partial charge in [0.2, 0.25) is 0 Å². The van der Waals surface area contributed by atoms with Crippen molar-refractivity contribution in [1.82, 2.24) is 9.88 Å². The van der Waals surface area contributed by atoms with Crippen molar-refractivity contribution in [3.8, 4) is 0 Å². The van der Waals surface area contributed by atoms with Gasteiger partial charge in [-0.1, -0.05) is 6.07 Å². The maximum atomic E-state index is 4.33. The number of hydrogen-bond acceptors (Lipinski definition) is 2. The van der Waals surface area contributed by atoms with E-state index in [1.807, 2.05) is 13.1 Å². The standard InChI is InChI=1S/C11H16N2/c1-9-3-4-10(7-12-9)11-5-6-13(2)8-11/h3-4,7,11H,5-6,8H2,1-2H3. The van der Waals surface area contributed by atoms with Crippen molar-refractivity contribution in [2.45, 2.75) is 19.3 Å². The van der Waals surface area contributed by atoms with Gasteiger partial charge in [-0.05, 0) is 44.5 Å². The average molecular weight is 176 g/mol. The molecule has 0 aliphatic carbocycles. The van der Waals surface area contributed by atoms with Crippen molar-refractivity contribution < 1.29 is 0 Å². The van der Waals surface area contributed by atoms with Gasteiger partial charge in [0, 0.05) is 18.4 Å². The first kappa shape index (κ1) is 8.70. The molecule has 1 aliphatic rings.